The fraction of sp³-hybridized carbons (Fsp3) is 0.100. The van der Waals surface area contributed by atoms with Crippen molar-refractivity contribution in [2.75, 3.05) is 0 Å². The SMILES string of the molecule is C/C(=N\O)c1cc2ccccc2s1.Cl. The van der Waals surface area contributed by atoms with Gasteiger partial charge in [0.05, 0.1) is 10.6 Å². The standard InChI is InChI=1S/C10H9NOS.ClH/c1-7(11-12)10-6-8-4-2-3-5-9(8)13-10;/h2-6,12H,1H3;1H/b11-7+;. The van der Waals surface area contributed by atoms with E-state index in [2.05, 4.69) is 17.3 Å². The topological polar surface area (TPSA) is 32.6 Å². The molecule has 74 valence electrons. The van der Waals surface area contributed by atoms with Gasteiger partial charge in [-0.05, 0) is 24.4 Å². The molecule has 1 heterocycles. The number of benzene rings is 1. The van der Waals surface area contributed by atoms with Crippen LogP contribution >= 0.6 is 23.7 Å². The van der Waals surface area contributed by atoms with Gasteiger partial charge < -0.3 is 5.21 Å². The first-order chi connectivity index (χ1) is 6.31. The van der Waals surface area contributed by atoms with Gasteiger partial charge in [-0.1, -0.05) is 23.4 Å². The molecule has 1 N–H and O–H groups in total. The number of rotatable bonds is 1. The maximum atomic E-state index is 8.61. The fourth-order valence-electron chi connectivity index (χ4n) is 1.21. The third-order valence-electron chi connectivity index (χ3n) is 1.93. The smallest absolute Gasteiger partial charge is 0.0936 e. The van der Waals surface area contributed by atoms with Crippen LogP contribution in [0.5, 0.6) is 0 Å². The summed E-state index contributed by atoms with van der Waals surface area (Å²) in [6, 6.07) is 10.2. The predicted octanol–water partition coefficient (Wildman–Crippen LogP) is 3.52. The molecule has 1 aromatic carbocycles. The highest BCUT2D eigenvalue weighted by atomic mass is 35.5. The highest BCUT2D eigenvalue weighted by molar-refractivity contribution is 7.20. The first-order valence-corrected chi connectivity index (χ1v) is 4.80. The number of halogens is 1. The average molecular weight is 228 g/mol. The Hall–Kier alpha value is -1.06. The van der Waals surface area contributed by atoms with Gasteiger partial charge in [-0.25, -0.2) is 0 Å². The number of nitrogens with zero attached hydrogens (tertiary/aromatic N) is 1. The van der Waals surface area contributed by atoms with Gasteiger partial charge in [-0.15, -0.1) is 23.7 Å². The van der Waals surface area contributed by atoms with Crippen molar-refractivity contribution >= 4 is 39.5 Å². The molecule has 0 aliphatic heterocycles. The molecule has 4 heteroatoms. The Kier molecular flexibility index (Phi) is 3.49. The zero-order valence-electron chi connectivity index (χ0n) is 7.60. The van der Waals surface area contributed by atoms with Crippen molar-refractivity contribution in [2.45, 2.75) is 6.92 Å². The quantitative estimate of drug-likeness (QED) is 0.451. The molecule has 1 aromatic heterocycles. The molecular weight excluding hydrogens is 218 g/mol. The number of fused-ring (bicyclic) bond motifs is 1. The van der Waals surface area contributed by atoms with Gasteiger partial charge in [0, 0.05) is 4.70 Å². The van der Waals surface area contributed by atoms with Gasteiger partial charge in [-0.2, -0.15) is 0 Å². The van der Waals surface area contributed by atoms with Crippen molar-refractivity contribution < 1.29 is 5.21 Å². The molecule has 0 saturated heterocycles. The van der Waals surface area contributed by atoms with Crippen LogP contribution in [0.1, 0.15) is 11.8 Å². The third kappa shape index (κ3) is 1.89. The van der Waals surface area contributed by atoms with Crippen LogP contribution in [0.15, 0.2) is 35.5 Å². The van der Waals surface area contributed by atoms with Crippen molar-refractivity contribution in [1.82, 2.24) is 0 Å². The highest BCUT2D eigenvalue weighted by Crippen LogP contribution is 2.25. The van der Waals surface area contributed by atoms with E-state index in [1.54, 1.807) is 18.3 Å². The van der Waals surface area contributed by atoms with Gasteiger partial charge in [0.15, 0.2) is 0 Å². The van der Waals surface area contributed by atoms with Gasteiger partial charge in [-0.3, -0.25) is 0 Å². The maximum Gasteiger partial charge on any atom is 0.0936 e. The van der Waals surface area contributed by atoms with E-state index in [9.17, 15) is 0 Å². The Labute approximate surface area is 92.3 Å². The second kappa shape index (κ2) is 4.44. The number of oxime groups is 1. The third-order valence-corrected chi connectivity index (χ3v) is 3.16. The minimum Gasteiger partial charge on any atom is -0.411 e. The lowest BCUT2D eigenvalue weighted by atomic mass is 10.2. The molecular formula is C10H10ClNOS. The lowest BCUT2D eigenvalue weighted by Gasteiger charge is -1.87. The Balaban J connectivity index is 0.000000980. The Morgan fingerprint density at radius 3 is 2.71 bits per heavy atom. The largest absolute Gasteiger partial charge is 0.411 e. The average Bonchev–Trinajstić information content (AvgIpc) is 2.59. The summed E-state index contributed by atoms with van der Waals surface area (Å²) >= 11 is 1.64. The lowest BCUT2D eigenvalue weighted by molar-refractivity contribution is 0.319. The van der Waals surface area contributed by atoms with Crippen LogP contribution in [0.25, 0.3) is 10.1 Å². The van der Waals surface area contributed by atoms with Crippen LogP contribution in [0.3, 0.4) is 0 Å². The molecule has 0 fully saturated rings. The van der Waals surface area contributed by atoms with Crippen LogP contribution in [-0.2, 0) is 0 Å². The fourth-order valence-corrected chi connectivity index (χ4v) is 2.21. The first-order valence-electron chi connectivity index (χ1n) is 3.99. The summed E-state index contributed by atoms with van der Waals surface area (Å²) in [6.45, 7) is 1.80. The van der Waals surface area contributed by atoms with E-state index in [1.165, 1.54) is 10.1 Å². The molecule has 0 aliphatic rings. The first kappa shape index (κ1) is 11.0. The van der Waals surface area contributed by atoms with E-state index in [0.29, 0.717) is 5.71 Å². The van der Waals surface area contributed by atoms with Gasteiger partial charge in [0.25, 0.3) is 0 Å². The number of thiophene rings is 1. The minimum atomic E-state index is 0. The number of hydrogen-bond acceptors (Lipinski definition) is 3. The molecule has 14 heavy (non-hydrogen) atoms. The summed E-state index contributed by atoms with van der Waals surface area (Å²) in [4.78, 5) is 1.02. The molecule has 2 aromatic rings. The molecule has 0 saturated carbocycles. The van der Waals surface area contributed by atoms with E-state index in [1.807, 2.05) is 18.2 Å². The van der Waals surface area contributed by atoms with Crippen LogP contribution < -0.4 is 0 Å². The molecule has 2 nitrogen and oxygen atoms in total. The monoisotopic (exact) mass is 227 g/mol. The van der Waals surface area contributed by atoms with Crippen molar-refractivity contribution in [3.8, 4) is 0 Å². The van der Waals surface area contributed by atoms with E-state index < -0.39 is 0 Å². The molecule has 0 spiro atoms. The molecule has 0 amide bonds. The molecule has 0 aliphatic carbocycles. The second-order valence-electron chi connectivity index (χ2n) is 2.83. The highest BCUT2D eigenvalue weighted by Gasteiger charge is 2.03. The predicted molar refractivity (Wildman–Crippen MR) is 63.1 cm³/mol. The molecule has 0 radical (unpaired) electrons. The Morgan fingerprint density at radius 2 is 2.07 bits per heavy atom. The zero-order valence-corrected chi connectivity index (χ0v) is 9.23. The molecule has 0 bridgehead atoms. The molecule has 0 unspecified atom stereocenters. The Bertz CT molecular complexity index is 431. The maximum absolute atomic E-state index is 8.61. The summed E-state index contributed by atoms with van der Waals surface area (Å²) in [5.41, 5.74) is 0.668. The molecule has 2 rings (SSSR count). The summed E-state index contributed by atoms with van der Waals surface area (Å²) in [5.74, 6) is 0. The van der Waals surface area contributed by atoms with Gasteiger partial charge in [0.1, 0.15) is 0 Å². The number of hydrogen-bond donors (Lipinski definition) is 1. The second-order valence-corrected chi connectivity index (χ2v) is 3.92. The van der Waals surface area contributed by atoms with Crippen molar-refractivity contribution in [3.63, 3.8) is 0 Å². The van der Waals surface area contributed by atoms with Crippen LogP contribution in [0.2, 0.25) is 0 Å². The zero-order chi connectivity index (χ0) is 9.26. The minimum absolute atomic E-state index is 0. The summed E-state index contributed by atoms with van der Waals surface area (Å²) < 4.78 is 1.22. The summed E-state index contributed by atoms with van der Waals surface area (Å²) in [6.07, 6.45) is 0. The van der Waals surface area contributed by atoms with Crippen LogP contribution in [0, 0.1) is 0 Å². The summed E-state index contributed by atoms with van der Waals surface area (Å²) in [7, 11) is 0. The van der Waals surface area contributed by atoms with Gasteiger partial charge >= 0.3 is 0 Å². The van der Waals surface area contributed by atoms with E-state index in [0.717, 1.165) is 4.88 Å². The van der Waals surface area contributed by atoms with Gasteiger partial charge in [0.2, 0.25) is 0 Å². The summed E-state index contributed by atoms with van der Waals surface area (Å²) in [5, 5.41) is 13.0. The van der Waals surface area contributed by atoms with Crippen LogP contribution in [0.4, 0.5) is 0 Å². The van der Waals surface area contributed by atoms with E-state index >= 15 is 0 Å². The van der Waals surface area contributed by atoms with E-state index in [4.69, 9.17) is 5.21 Å². The normalized spacial score (nSPS) is 11.4. The van der Waals surface area contributed by atoms with Crippen molar-refractivity contribution in [1.29, 1.82) is 0 Å². The van der Waals surface area contributed by atoms with Crippen LogP contribution in [-0.4, -0.2) is 10.9 Å². The van der Waals surface area contributed by atoms with E-state index in [-0.39, 0.29) is 12.4 Å². The van der Waals surface area contributed by atoms with Crippen molar-refractivity contribution in [2.24, 2.45) is 5.16 Å². The lowest BCUT2D eigenvalue weighted by Crippen LogP contribution is -1.87. The Morgan fingerprint density at radius 1 is 1.36 bits per heavy atom. The molecule has 0 atom stereocenters. The van der Waals surface area contributed by atoms with Crippen molar-refractivity contribution in [3.05, 3.63) is 35.2 Å².